The van der Waals surface area contributed by atoms with Crippen molar-refractivity contribution < 1.29 is 4.59 Å². The molecule has 0 aromatic heterocycles. The minimum absolute atomic E-state index is 0.608. The molecule has 1 N–H and O–H groups in total. The van der Waals surface area contributed by atoms with E-state index in [0.717, 1.165) is 12.3 Å². The molecule has 12 heavy (non-hydrogen) atoms. The zero-order valence-corrected chi connectivity index (χ0v) is 8.33. The van der Waals surface area contributed by atoms with Gasteiger partial charge in [0.1, 0.15) is 0 Å². The minimum Gasteiger partial charge on any atom is -0.346 e. The van der Waals surface area contributed by atoms with Crippen molar-refractivity contribution >= 4 is 5.84 Å². The van der Waals surface area contributed by atoms with Crippen LogP contribution in [-0.2, 0) is 0 Å². The van der Waals surface area contributed by atoms with Crippen LogP contribution in [0.5, 0.6) is 0 Å². The van der Waals surface area contributed by atoms with E-state index in [-0.39, 0.29) is 0 Å². The number of hydrogen-bond acceptors (Lipinski definition) is 1. The second kappa shape index (κ2) is 3.27. The van der Waals surface area contributed by atoms with Gasteiger partial charge >= 0.3 is 0 Å². The Kier molecular flexibility index (Phi) is 2.52. The van der Waals surface area contributed by atoms with Crippen LogP contribution in [0, 0.1) is 5.92 Å². The first-order valence-corrected chi connectivity index (χ1v) is 4.31. The van der Waals surface area contributed by atoms with Crippen molar-refractivity contribution in [2.45, 2.75) is 13.3 Å². The number of rotatable bonds is 1. The summed E-state index contributed by atoms with van der Waals surface area (Å²) in [4.78, 5) is 0. The van der Waals surface area contributed by atoms with E-state index in [9.17, 15) is 0 Å². The van der Waals surface area contributed by atoms with Crippen LogP contribution in [0.25, 0.3) is 0 Å². The SMILES string of the molecule is CC1C=CNC(=N[N+](C)(C)C)C1. The first kappa shape index (κ1) is 9.26. The zero-order valence-electron chi connectivity index (χ0n) is 8.33. The topological polar surface area (TPSA) is 24.4 Å². The summed E-state index contributed by atoms with van der Waals surface area (Å²) in [7, 11) is 6.16. The summed E-state index contributed by atoms with van der Waals surface area (Å²) in [6.07, 6.45) is 5.16. The van der Waals surface area contributed by atoms with E-state index in [2.05, 4.69) is 44.6 Å². The Morgan fingerprint density at radius 3 is 2.67 bits per heavy atom. The average molecular weight is 168 g/mol. The molecule has 0 aliphatic carbocycles. The number of allylic oxidation sites excluding steroid dienone is 1. The van der Waals surface area contributed by atoms with E-state index in [4.69, 9.17) is 0 Å². The Labute approximate surface area is 74.3 Å². The third-order valence-corrected chi connectivity index (χ3v) is 1.61. The molecule has 1 rings (SSSR count). The second-order valence-corrected chi connectivity index (χ2v) is 4.17. The van der Waals surface area contributed by atoms with Gasteiger partial charge in [-0.2, -0.15) is 0 Å². The van der Waals surface area contributed by atoms with Crippen LogP contribution >= 0.6 is 0 Å². The van der Waals surface area contributed by atoms with Gasteiger partial charge in [-0.3, -0.25) is 0 Å². The monoisotopic (exact) mass is 168 g/mol. The van der Waals surface area contributed by atoms with E-state index < -0.39 is 0 Å². The third-order valence-electron chi connectivity index (χ3n) is 1.61. The lowest BCUT2D eigenvalue weighted by Gasteiger charge is -2.20. The Balaban J connectivity index is 2.66. The number of amidine groups is 1. The van der Waals surface area contributed by atoms with Gasteiger partial charge in [-0.05, 0) is 12.1 Å². The van der Waals surface area contributed by atoms with E-state index in [1.165, 1.54) is 0 Å². The van der Waals surface area contributed by atoms with Crippen LogP contribution in [-0.4, -0.2) is 31.6 Å². The van der Waals surface area contributed by atoms with Crippen molar-refractivity contribution in [2.24, 2.45) is 11.0 Å². The predicted octanol–water partition coefficient (Wildman–Crippen LogP) is 1.15. The van der Waals surface area contributed by atoms with E-state index >= 15 is 0 Å². The van der Waals surface area contributed by atoms with Crippen LogP contribution in [0.3, 0.4) is 0 Å². The van der Waals surface area contributed by atoms with Crippen LogP contribution in [0.15, 0.2) is 17.4 Å². The number of hydrogen-bond donors (Lipinski definition) is 1. The fourth-order valence-electron chi connectivity index (χ4n) is 1.17. The highest BCUT2D eigenvalue weighted by Crippen LogP contribution is 2.09. The predicted molar refractivity (Wildman–Crippen MR) is 51.5 cm³/mol. The molecular formula is C9H18N3+. The molecule has 0 fully saturated rings. The van der Waals surface area contributed by atoms with Crippen LogP contribution in [0.1, 0.15) is 13.3 Å². The quantitative estimate of drug-likeness (QED) is 0.461. The highest BCUT2D eigenvalue weighted by molar-refractivity contribution is 5.83. The highest BCUT2D eigenvalue weighted by Gasteiger charge is 2.13. The van der Waals surface area contributed by atoms with Gasteiger partial charge in [0.25, 0.3) is 0 Å². The lowest BCUT2D eigenvalue weighted by molar-refractivity contribution is -0.877. The summed E-state index contributed by atoms with van der Waals surface area (Å²) in [6.45, 7) is 2.20. The normalized spacial score (nSPS) is 27.3. The first-order valence-electron chi connectivity index (χ1n) is 4.31. The smallest absolute Gasteiger partial charge is 0.162 e. The molecule has 0 amide bonds. The fraction of sp³-hybridized carbons (Fsp3) is 0.667. The number of nitrogens with one attached hydrogen (secondary N) is 1. The largest absolute Gasteiger partial charge is 0.346 e. The minimum atomic E-state index is 0.608. The molecular weight excluding hydrogens is 150 g/mol. The van der Waals surface area contributed by atoms with Crippen LogP contribution < -0.4 is 5.32 Å². The van der Waals surface area contributed by atoms with Gasteiger partial charge in [-0.15, -0.1) is 0 Å². The van der Waals surface area contributed by atoms with Gasteiger partial charge in [0, 0.05) is 6.42 Å². The zero-order chi connectivity index (χ0) is 9.19. The van der Waals surface area contributed by atoms with Gasteiger partial charge in [0.15, 0.2) is 5.84 Å². The molecule has 1 heterocycles. The highest BCUT2D eigenvalue weighted by atomic mass is 15.6. The molecule has 0 bridgehead atoms. The van der Waals surface area contributed by atoms with Crippen molar-refractivity contribution in [2.75, 3.05) is 21.1 Å². The molecule has 0 aromatic carbocycles. The number of quaternary nitrogens is 1. The second-order valence-electron chi connectivity index (χ2n) is 4.17. The molecule has 0 spiro atoms. The molecule has 68 valence electrons. The maximum atomic E-state index is 4.51. The van der Waals surface area contributed by atoms with Gasteiger partial charge in [0.05, 0.1) is 21.1 Å². The molecule has 1 atom stereocenters. The molecule has 1 aliphatic heterocycles. The maximum absolute atomic E-state index is 4.51. The molecule has 1 aliphatic rings. The summed E-state index contributed by atoms with van der Waals surface area (Å²) < 4.78 is 0.628. The average Bonchev–Trinajstić information content (AvgIpc) is 1.82. The number of nitrogens with zero attached hydrogens (tertiary/aromatic N) is 2. The molecule has 0 saturated carbocycles. The maximum Gasteiger partial charge on any atom is 0.162 e. The lowest BCUT2D eigenvalue weighted by Crippen LogP contribution is -2.34. The Hall–Kier alpha value is -0.830. The van der Waals surface area contributed by atoms with E-state index in [1.807, 2.05) is 6.20 Å². The standard InChI is InChI=1S/C9H18N3/c1-8-5-6-10-9(7-8)11-12(2,3)4/h5-6,8H,7H2,1-4H3,(H,10,11)/q+1. The molecule has 0 saturated heterocycles. The Morgan fingerprint density at radius 2 is 2.17 bits per heavy atom. The lowest BCUT2D eigenvalue weighted by atomic mass is 10.1. The summed E-state index contributed by atoms with van der Waals surface area (Å²) in [5.41, 5.74) is 0. The molecule has 3 nitrogen and oxygen atoms in total. The van der Waals surface area contributed by atoms with Crippen molar-refractivity contribution in [1.82, 2.24) is 5.32 Å². The van der Waals surface area contributed by atoms with Gasteiger partial charge in [-0.25, -0.2) is 4.59 Å². The van der Waals surface area contributed by atoms with Crippen molar-refractivity contribution in [3.8, 4) is 0 Å². The fourth-order valence-corrected chi connectivity index (χ4v) is 1.17. The van der Waals surface area contributed by atoms with Crippen molar-refractivity contribution in [1.29, 1.82) is 0 Å². The van der Waals surface area contributed by atoms with E-state index in [1.54, 1.807) is 0 Å². The van der Waals surface area contributed by atoms with Crippen LogP contribution in [0.2, 0.25) is 0 Å². The summed E-state index contributed by atoms with van der Waals surface area (Å²) >= 11 is 0. The van der Waals surface area contributed by atoms with Gasteiger partial charge in [0.2, 0.25) is 0 Å². The van der Waals surface area contributed by atoms with Gasteiger partial charge in [-0.1, -0.05) is 18.1 Å². The summed E-state index contributed by atoms with van der Waals surface area (Å²) in [5, 5.41) is 7.67. The molecule has 1 unspecified atom stereocenters. The van der Waals surface area contributed by atoms with Crippen molar-refractivity contribution in [3.63, 3.8) is 0 Å². The van der Waals surface area contributed by atoms with Crippen molar-refractivity contribution in [3.05, 3.63) is 12.3 Å². The molecule has 0 radical (unpaired) electrons. The summed E-state index contributed by atoms with van der Waals surface area (Å²) in [5.74, 6) is 1.69. The molecule has 0 aromatic rings. The molecule has 3 heteroatoms. The Morgan fingerprint density at radius 1 is 1.50 bits per heavy atom. The van der Waals surface area contributed by atoms with Crippen LogP contribution in [0.4, 0.5) is 0 Å². The Bertz CT molecular complexity index is 210. The first-order chi connectivity index (χ1) is 5.47. The summed E-state index contributed by atoms with van der Waals surface area (Å²) in [6, 6.07) is 0. The third kappa shape index (κ3) is 3.05. The van der Waals surface area contributed by atoms with E-state index in [0.29, 0.717) is 10.5 Å². The van der Waals surface area contributed by atoms with Gasteiger partial charge < -0.3 is 5.32 Å².